The van der Waals surface area contributed by atoms with Crippen molar-refractivity contribution in [2.75, 3.05) is 0 Å². The molecule has 0 bridgehead atoms. The molecule has 0 aliphatic carbocycles. The lowest BCUT2D eigenvalue weighted by molar-refractivity contribution is 0.0693. The molecule has 1 rings (SSSR count). The lowest BCUT2D eigenvalue weighted by atomic mass is 10.1. The number of carboxylic acid groups (broad SMARTS) is 1. The van der Waals surface area contributed by atoms with E-state index in [4.69, 9.17) is 16.7 Å². The second-order valence-electron chi connectivity index (χ2n) is 2.50. The number of benzene rings is 1. The molecule has 3 nitrogen and oxygen atoms in total. The van der Waals surface area contributed by atoms with Crippen LogP contribution in [0.15, 0.2) is 10.5 Å². The van der Waals surface area contributed by atoms with Gasteiger partial charge >= 0.3 is 5.97 Å². The molecular weight excluding hydrogens is 259 g/mol. The van der Waals surface area contributed by atoms with Crippen molar-refractivity contribution in [2.24, 2.45) is 0 Å². The van der Waals surface area contributed by atoms with Crippen molar-refractivity contribution in [2.45, 2.75) is 6.92 Å². The van der Waals surface area contributed by atoms with Gasteiger partial charge in [0, 0.05) is 4.47 Å². The summed E-state index contributed by atoms with van der Waals surface area (Å²) in [5.74, 6) is -1.60. The van der Waals surface area contributed by atoms with Crippen LogP contribution in [0.5, 0.6) is 5.75 Å². The Morgan fingerprint density at radius 3 is 2.62 bits per heavy atom. The van der Waals surface area contributed by atoms with Gasteiger partial charge in [-0.25, -0.2) is 4.79 Å². The first kappa shape index (κ1) is 10.3. The number of rotatable bonds is 1. The molecule has 0 heterocycles. The second kappa shape index (κ2) is 3.55. The van der Waals surface area contributed by atoms with E-state index in [-0.39, 0.29) is 10.6 Å². The summed E-state index contributed by atoms with van der Waals surface area (Å²) in [7, 11) is 0. The van der Waals surface area contributed by atoms with Gasteiger partial charge in [0.2, 0.25) is 0 Å². The highest BCUT2D eigenvalue weighted by Gasteiger charge is 2.16. The van der Waals surface area contributed by atoms with Crippen LogP contribution in [0.4, 0.5) is 0 Å². The van der Waals surface area contributed by atoms with Crippen LogP contribution in [0.3, 0.4) is 0 Å². The summed E-state index contributed by atoms with van der Waals surface area (Å²) in [6, 6.07) is 1.32. The third-order valence-electron chi connectivity index (χ3n) is 1.65. The Labute approximate surface area is 88.1 Å². The zero-order valence-corrected chi connectivity index (χ0v) is 8.98. The van der Waals surface area contributed by atoms with Crippen molar-refractivity contribution in [3.05, 3.63) is 26.7 Å². The number of halogens is 2. The Morgan fingerprint density at radius 1 is 1.62 bits per heavy atom. The summed E-state index contributed by atoms with van der Waals surface area (Å²) in [5.41, 5.74) is 0.409. The minimum atomic E-state index is -1.21. The fraction of sp³-hybridized carbons (Fsp3) is 0.125. The molecule has 0 fully saturated rings. The van der Waals surface area contributed by atoms with Gasteiger partial charge in [-0.1, -0.05) is 27.5 Å². The summed E-state index contributed by atoms with van der Waals surface area (Å²) < 4.78 is 0.563. The maximum Gasteiger partial charge on any atom is 0.339 e. The highest BCUT2D eigenvalue weighted by atomic mass is 79.9. The van der Waals surface area contributed by atoms with E-state index in [1.165, 1.54) is 6.07 Å². The molecule has 2 N–H and O–H groups in total. The van der Waals surface area contributed by atoms with E-state index >= 15 is 0 Å². The molecule has 0 saturated heterocycles. The highest BCUT2D eigenvalue weighted by Crippen LogP contribution is 2.35. The average molecular weight is 265 g/mol. The molecule has 0 saturated carbocycles. The maximum absolute atomic E-state index is 10.6. The number of hydrogen-bond acceptors (Lipinski definition) is 2. The van der Waals surface area contributed by atoms with Crippen molar-refractivity contribution < 1.29 is 15.0 Å². The molecular formula is C8H6BrClO3. The first-order chi connectivity index (χ1) is 5.95. The smallest absolute Gasteiger partial charge is 0.339 e. The van der Waals surface area contributed by atoms with Crippen molar-refractivity contribution in [1.29, 1.82) is 0 Å². The van der Waals surface area contributed by atoms with Crippen LogP contribution in [-0.2, 0) is 0 Å². The molecule has 70 valence electrons. The van der Waals surface area contributed by atoms with Crippen LogP contribution in [0.25, 0.3) is 0 Å². The normalized spacial score (nSPS) is 10.1. The molecule has 0 amide bonds. The predicted molar refractivity (Wildman–Crippen MR) is 52.5 cm³/mol. The Morgan fingerprint density at radius 2 is 2.15 bits per heavy atom. The zero-order chi connectivity index (χ0) is 10.2. The fourth-order valence-corrected chi connectivity index (χ4v) is 1.61. The quantitative estimate of drug-likeness (QED) is 0.821. The maximum atomic E-state index is 10.6. The van der Waals surface area contributed by atoms with Gasteiger partial charge in [-0.15, -0.1) is 0 Å². The van der Waals surface area contributed by atoms with Crippen LogP contribution >= 0.6 is 27.5 Å². The molecule has 0 aliphatic rings. The predicted octanol–water partition coefficient (Wildman–Crippen LogP) is 2.81. The van der Waals surface area contributed by atoms with Crippen LogP contribution in [0, 0.1) is 6.92 Å². The fourth-order valence-electron chi connectivity index (χ4n) is 0.867. The summed E-state index contributed by atoms with van der Waals surface area (Å²) in [6.45, 7) is 1.68. The van der Waals surface area contributed by atoms with Crippen LogP contribution in [-0.4, -0.2) is 16.2 Å². The Balaban J connectivity index is 3.50. The minimum Gasteiger partial charge on any atom is -0.505 e. The standard InChI is InChI=1S/C8H6BrClO3/c1-3-5(9)2-4(8(12)13)7(11)6(3)10/h2,11H,1H3,(H,12,13). The number of aromatic carboxylic acids is 1. The van der Waals surface area contributed by atoms with Crippen molar-refractivity contribution >= 4 is 33.5 Å². The molecule has 0 radical (unpaired) electrons. The SMILES string of the molecule is Cc1c(Br)cc(C(=O)O)c(O)c1Cl. The zero-order valence-electron chi connectivity index (χ0n) is 6.64. The van der Waals surface area contributed by atoms with Gasteiger partial charge in [0.15, 0.2) is 0 Å². The van der Waals surface area contributed by atoms with E-state index in [0.29, 0.717) is 10.0 Å². The van der Waals surface area contributed by atoms with Gasteiger partial charge in [0.1, 0.15) is 11.3 Å². The molecule has 5 heteroatoms. The molecule has 1 aromatic rings. The molecule has 0 atom stereocenters. The number of hydrogen-bond donors (Lipinski definition) is 2. The van der Waals surface area contributed by atoms with Gasteiger partial charge < -0.3 is 10.2 Å². The van der Waals surface area contributed by atoms with Gasteiger partial charge in [-0.2, -0.15) is 0 Å². The Kier molecular flexibility index (Phi) is 2.83. The van der Waals surface area contributed by atoms with Crippen molar-refractivity contribution in [1.82, 2.24) is 0 Å². The molecule has 0 aliphatic heterocycles. The van der Waals surface area contributed by atoms with Gasteiger partial charge in [-0.05, 0) is 18.6 Å². The molecule has 0 unspecified atom stereocenters. The Hall–Kier alpha value is -0.740. The van der Waals surface area contributed by atoms with Crippen LogP contribution < -0.4 is 0 Å². The number of phenols is 1. The number of carbonyl (C=O) groups is 1. The van der Waals surface area contributed by atoms with E-state index in [0.717, 1.165) is 0 Å². The van der Waals surface area contributed by atoms with E-state index < -0.39 is 11.7 Å². The average Bonchev–Trinajstić information content (AvgIpc) is 2.07. The summed E-state index contributed by atoms with van der Waals surface area (Å²) in [5, 5.41) is 18.1. The van der Waals surface area contributed by atoms with E-state index in [9.17, 15) is 9.90 Å². The minimum absolute atomic E-state index is 0.0618. The first-order valence-corrected chi connectivity index (χ1v) is 4.53. The lowest BCUT2D eigenvalue weighted by Crippen LogP contribution is -1.98. The first-order valence-electron chi connectivity index (χ1n) is 3.36. The van der Waals surface area contributed by atoms with E-state index in [1.54, 1.807) is 6.92 Å². The Bertz CT molecular complexity index is 376. The van der Waals surface area contributed by atoms with E-state index in [1.807, 2.05) is 0 Å². The van der Waals surface area contributed by atoms with E-state index in [2.05, 4.69) is 15.9 Å². The van der Waals surface area contributed by atoms with Gasteiger partial charge in [-0.3, -0.25) is 0 Å². The third kappa shape index (κ3) is 1.78. The highest BCUT2D eigenvalue weighted by molar-refractivity contribution is 9.10. The summed E-state index contributed by atoms with van der Waals surface area (Å²) in [6.07, 6.45) is 0. The molecule has 1 aromatic carbocycles. The molecule has 0 spiro atoms. The van der Waals surface area contributed by atoms with Crippen molar-refractivity contribution in [3.8, 4) is 5.75 Å². The van der Waals surface area contributed by atoms with Gasteiger partial charge in [0.25, 0.3) is 0 Å². The summed E-state index contributed by atoms with van der Waals surface area (Å²) >= 11 is 8.83. The lowest BCUT2D eigenvalue weighted by Gasteiger charge is -2.06. The topological polar surface area (TPSA) is 57.5 Å². The van der Waals surface area contributed by atoms with Gasteiger partial charge in [0.05, 0.1) is 5.02 Å². The number of aromatic hydroxyl groups is 1. The summed E-state index contributed by atoms with van der Waals surface area (Å²) in [4.78, 5) is 10.6. The monoisotopic (exact) mass is 264 g/mol. The second-order valence-corrected chi connectivity index (χ2v) is 3.73. The largest absolute Gasteiger partial charge is 0.505 e. The van der Waals surface area contributed by atoms with Crippen molar-refractivity contribution in [3.63, 3.8) is 0 Å². The van der Waals surface area contributed by atoms with Crippen LogP contribution in [0.2, 0.25) is 5.02 Å². The van der Waals surface area contributed by atoms with Crippen LogP contribution in [0.1, 0.15) is 15.9 Å². The molecule has 0 aromatic heterocycles. The number of carboxylic acids is 1. The molecule has 13 heavy (non-hydrogen) atoms. The third-order valence-corrected chi connectivity index (χ3v) is 2.94.